The van der Waals surface area contributed by atoms with Crippen molar-refractivity contribution in [3.63, 3.8) is 0 Å². The molecule has 0 spiro atoms. The smallest absolute Gasteiger partial charge is 0.127 e. The molecule has 0 saturated heterocycles. The number of nitrogen functional groups attached to an aromatic ring is 1. The van der Waals surface area contributed by atoms with Gasteiger partial charge in [-0.15, -0.1) is 0 Å². The first-order valence-electron chi connectivity index (χ1n) is 5.92. The van der Waals surface area contributed by atoms with Crippen molar-refractivity contribution in [2.24, 2.45) is 0 Å². The predicted molar refractivity (Wildman–Crippen MR) is 71.5 cm³/mol. The number of hydrogen-bond donors (Lipinski definition) is 1. The Hall–Kier alpha value is -1.77. The van der Waals surface area contributed by atoms with Gasteiger partial charge in [-0.1, -0.05) is 19.9 Å². The van der Waals surface area contributed by atoms with E-state index in [1.165, 1.54) is 11.1 Å². The fourth-order valence-corrected chi connectivity index (χ4v) is 1.76. The number of aromatic nitrogens is 2. The summed E-state index contributed by atoms with van der Waals surface area (Å²) in [6.45, 7) is 8.44. The molecule has 0 amide bonds. The minimum Gasteiger partial charge on any atom is -0.384 e. The maximum Gasteiger partial charge on any atom is 0.127 e. The first-order valence-corrected chi connectivity index (χ1v) is 5.92. The molecule has 0 aliphatic heterocycles. The zero-order valence-electron chi connectivity index (χ0n) is 10.9. The number of anilines is 1. The van der Waals surface area contributed by atoms with Crippen LogP contribution in [-0.2, 0) is 0 Å². The van der Waals surface area contributed by atoms with Gasteiger partial charge in [-0.25, -0.2) is 4.68 Å². The van der Waals surface area contributed by atoms with E-state index in [0.29, 0.717) is 11.7 Å². The third kappa shape index (κ3) is 2.18. The van der Waals surface area contributed by atoms with E-state index in [-0.39, 0.29) is 0 Å². The van der Waals surface area contributed by atoms with Gasteiger partial charge in [0.05, 0.1) is 11.4 Å². The van der Waals surface area contributed by atoms with Crippen molar-refractivity contribution < 1.29 is 0 Å². The standard InChI is InChI=1S/C14H19N3/c1-9(2)13-8-14(15)17(16-13)12-6-5-10(3)11(4)7-12/h5-9H,15H2,1-4H3. The predicted octanol–water partition coefficient (Wildman–Crippen LogP) is 3.19. The Bertz CT molecular complexity index is 538. The van der Waals surface area contributed by atoms with Crippen molar-refractivity contribution >= 4 is 5.82 Å². The minimum absolute atomic E-state index is 0.394. The quantitative estimate of drug-likeness (QED) is 0.859. The van der Waals surface area contributed by atoms with Gasteiger partial charge in [0, 0.05) is 6.07 Å². The number of benzene rings is 1. The van der Waals surface area contributed by atoms with Gasteiger partial charge in [-0.2, -0.15) is 5.10 Å². The topological polar surface area (TPSA) is 43.8 Å². The van der Waals surface area contributed by atoms with Crippen molar-refractivity contribution in [2.75, 3.05) is 5.73 Å². The summed E-state index contributed by atoms with van der Waals surface area (Å²) in [5, 5.41) is 4.54. The van der Waals surface area contributed by atoms with Crippen LogP contribution in [0.2, 0.25) is 0 Å². The van der Waals surface area contributed by atoms with Crippen LogP contribution in [0.4, 0.5) is 5.82 Å². The zero-order chi connectivity index (χ0) is 12.6. The molecule has 2 aromatic rings. The summed E-state index contributed by atoms with van der Waals surface area (Å²) >= 11 is 0. The van der Waals surface area contributed by atoms with Gasteiger partial charge in [0.15, 0.2) is 0 Å². The molecule has 1 aromatic heterocycles. The maximum absolute atomic E-state index is 6.00. The molecule has 0 bridgehead atoms. The van der Waals surface area contributed by atoms with Crippen LogP contribution in [0.1, 0.15) is 36.6 Å². The Balaban J connectivity index is 2.49. The lowest BCUT2D eigenvalue weighted by Gasteiger charge is -2.07. The van der Waals surface area contributed by atoms with E-state index in [4.69, 9.17) is 5.73 Å². The molecule has 2 rings (SSSR count). The lowest BCUT2D eigenvalue weighted by Crippen LogP contribution is -2.02. The Kier molecular flexibility index (Phi) is 2.92. The van der Waals surface area contributed by atoms with Crippen molar-refractivity contribution in [3.8, 4) is 5.69 Å². The van der Waals surface area contributed by atoms with E-state index in [1.54, 1.807) is 0 Å². The highest BCUT2D eigenvalue weighted by Crippen LogP contribution is 2.21. The molecular formula is C14H19N3. The molecule has 17 heavy (non-hydrogen) atoms. The van der Waals surface area contributed by atoms with Crippen molar-refractivity contribution in [3.05, 3.63) is 41.1 Å². The zero-order valence-corrected chi connectivity index (χ0v) is 10.9. The largest absolute Gasteiger partial charge is 0.384 e. The molecule has 0 aliphatic carbocycles. The van der Waals surface area contributed by atoms with Gasteiger partial charge in [0.2, 0.25) is 0 Å². The Morgan fingerprint density at radius 2 is 1.82 bits per heavy atom. The molecule has 3 nitrogen and oxygen atoms in total. The maximum atomic E-state index is 6.00. The Morgan fingerprint density at radius 3 is 2.35 bits per heavy atom. The molecular weight excluding hydrogens is 210 g/mol. The second-order valence-electron chi connectivity index (χ2n) is 4.83. The summed E-state index contributed by atoms with van der Waals surface area (Å²) in [6, 6.07) is 8.21. The second-order valence-corrected chi connectivity index (χ2v) is 4.83. The van der Waals surface area contributed by atoms with E-state index in [0.717, 1.165) is 11.4 Å². The number of hydrogen-bond acceptors (Lipinski definition) is 2. The number of nitrogens with zero attached hydrogens (tertiary/aromatic N) is 2. The van der Waals surface area contributed by atoms with E-state index in [9.17, 15) is 0 Å². The summed E-state index contributed by atoms with van der Waals surface area (Å²) in [6.07, 6.45) is 0. The van der Waals surface area contributed by atoms with E-state index < -0.39 is 0 Å². The van der Waals surface area contributed by atoms with Crippen LogP contribution in [0.5, 0.6) is 0 Å². The van der Waals surface area contributed by atoms with E-state index in [1.807, 2.05) is 10.7 Å². The van der Waals surface area contributed by atoms with Crippen molar-refractivity contribution in [1.82, 2.24) is 9.78 Å². The molecule has 0 saturated carbocycles. The third-order valence-electron chi connectivity index (χ3n) is 3.08. The van der Waals surface area contributed by atoms with Crippen LogP contribution < -0.4 is 5.73 Å². The molecule has 0 fully saturated rings. The van der Waals surface area contributed by atoms with E-state index >= 15 is 0 Å². The summed E-state index contributed by atoms with van der Waals surface area (Å²) < 4.78 is 1.81. The number of rotatable bonds is 2. The monoisotopic (exact) mass is 229 g/mol. The van der Waals surface area contributed by atoms with Gasteiger partial charge in [0.1, 0.15) is 5.82 Å². The van der Waals surface area contributed by atoms with Crippen LogP contribution in [0.3, 0.4) is 0 Å². The van der Waals surface area contributed by atoms with Gasteiger partial charge >= 0.3 is 0 Å². The van der Waals surface area contributed by atoms with Crippen molar-refractivity contribution in [1.29, 1.82) is 0 Å². The number of aryl methyl sites for hydroxylation is 2. The molecule has 2 N–H and O–H groups in total. The highest BCUT2D eigenvalue weighted by molar-refractivity contribution is 5.46. The average Bonchev–Trinajstić information content (AvgIpc) is 2.65. The molecule has 0 aliphatic rings. The summed E-state index contributed by atoms with van der Waals surface area (Å²) in [4.78, 5) is 0. The Labute approximate surface area is 102 Å². The first kappa shape index (κ1) is 11.7. The lowest BCUT2D eigenvalue weighted by molar-refractivity contribution is 0.770. The fourth-order valence-electron chi connectivity index (χ4n) is 1.76. The van der Waals surface area contributed by atoms with Gasteiger partial charge in [0.25, 0.3) is 0 Å². The van der Waals surface area contributed by atoms with Crippen LogP contribution in [-0.4, -0.2) is 9.78 Å². The first-order chi connectivity index (χ1) is 7.99. The molecule has 1 aromatic carbocycles. The van der Waals surface area contributed by atoms with Gasteiger partial charge < -0.3 is 5.73 Å². The van der Waals surface area contributed by atoms with Crippen molar-refractivity contribution in [2.45, 2.75) is 33.6 Å². The summed E-state index contributed by atoms with van der Waals surface area (Å²) in [5.74, 6) is 1.09. The van der Waals surface area contributed by atoms with Gasteiger partial charge in [-0.05, 0) is 43.0 Å². The SMILES string of the molecule is Cc1ccc(-n2nc(C(C)C)cc2N)cc1C. The summed E-state index contributed by atoms with van der Waals surface area (Å²) in [5.41, 5.74) is 10.6. The van der Waals surface area contributed by atoms with Crippen LogP contribution in [0.25, 0.3) is 5.69 Å². The minimum atomic E-state index is 0.394. The highest BCUT2D eigenvalue weighted by Gasteiger charge is 2.09. The molecule has 3 heteroatoms. The van der Waals surface area contributed by atoms with Crippen LogP contribution in [0, 0.1) is 13.8 Å². The fraction of sp³-hybridized carbons (Fsp3) is 0.357. The second kappa shape index (κ2) is 4.24. The number of nitrogens with two attached hydrogens (primary N) is 1. The molecule has 0 atom stereocenters. The van der Waals surface area contributed by atoms with E-state index in [2.05, 4.69) is 51.0 Å². The highest BCUT2D eigenvalue weighted by atomic mass is 15.3. The van der Waals surface area contributed by atoms with Crippen LogP contribution in [0.15, 0.2) is 24.3 Å². The molecule has 90 valence electrons. The molecule has 1 heterocycles. The molecule has 0 unspecified atom stereocenters. The van der Waals surface area contributed by atoms with Gasteiger partial charge in [-0.3, -0.25) is 0 Å². The summed E-state index contributed by atoms with van der Waals surface area (Å²) in [7, 11) is 0. The average molecular weight is 229 g/mol. The molecule has 0 radical (unpaired) electrons. The van der Waals surface area contributed by atoms with Crippen LogP contribution >= 0.6 is 0 Å². The lowest BCUT2D eigenvalue weighted by atomic mass is 10.1. The Morgan fingerprint density at radius 1 is 1.12 bits per heavy atom. The normalized spacial score (nSPS) is 11.1. The third-order valence-corrected chi connectivity index (χ3v) is 3.08.